The molecule has 6 heteroatoms. The number of aliphatic imine (C=N–C) groups is 1. The summed E-state index contributed by atoms with van der Waals surface area (Å²) in [7, 11) is 3.47. The van der Waals surface area contributed by atoms with E-state index in [0.717, 1.165) is 30.1 Å². The zero-order valence-electron chi connectivity index (χ0n) is 14.5. The van der Waals surface area contributed by atoms with E-state index in [4.69, 9.17) is 14.2 Å². The second-order valence-corrected chi connectivity index (χ2v) is 6.22. The van der Waals surface area contributed by atoms with E-state index in [0.29, 0.717) is 38.0 Å². The van der Waals surface area contributed by atoms with E-state index < -0.39 is 0 Å². The van der Waals surface area contributed by atoms with E-state index in [2.05, 4.69) is 15.6 Å². The normalized spacial score (nSPS) is 25.8. The van der Waals surface area contributed by atoms with E-state index in [9.17, 15) is 0 Å². The molecule has 0 spiro atoms. The predicted octanol–water partition coefficient (Wildman–Crippen LogP) is 1.70. The number of hydrogen-bond acceptors (Lipinski definition) is 4. The van der Waals surface area contributed by atoms with Gasteiger partial charge in [-0.05, 0) is 25.3 Å². The maximum atomic E-state index is 5.86. The Bertz CT molecular complexity index is 564. The number of para-hydroxylation sites is 1. The maximum absolute atomic E-state index is 5.86. The number of guanidine groups is 1. The average molecular weight is 333 g/mol. The topological polar surface area (TPSA) is 64.1 Å². The van der Waals surface area contributed by atoms with Crippen molar-refractivity contribution in [3.8, 4) is 5.75 Å². The fourth-order valence-corrected chi connectivity index (χ4v) is 3.41. The third-order valence-corrected chi connectivity index (χ3v) is 4.64. The second kappa shape index (κ2) is 8.35. The molecule has 0 aliphatic carbocycles. The fraction of sp³-hybridized carbons (Fsp3) is 0.611. The molecule has 3 atom stereocenters. The molecule has 3 rings (SSSR count). The van der Waals surface area contributed by atoms with E-state index in [-0.39, 0.29) is 0 Å². The number of benzene rings is 1. The molecule has 2 aliphatic rings. The van der Waals surface area contributed by atoms with Crippen LogP contribution in [-0.2, 0) is 16.1 Å². The van der Waals surface area contributed by atoms with Crippen LogP contribution in [0.15, 0.2) is 29.3 Å². The number of methoxy groups -OCH3 is 1. The van der Waals surface area contributed by atoms with E-state index >= 15 is 0 Å². The summed E-state index contributed by atoms with van der Waals surface area (Å²) in [5.74, 6) is 1.68. The Morgan fingerprint density at radius 2 is 2.21 bits per heavy atom. The van der Waals surface area contributed by atoms with Gasteiger partial charge in [-0.3, -0.25) is 4.99 Å². The first-order chi connectivity index (χ1) is 11.8. The molecule has 2 heterocycles. The van der Waals surface area contributed by atoms with Crippen molar-refractivity contribution in [1.29, 1.82) is 0 Å². The summed E-state index contributed by atoms with van der Waals surface area (Å²) in [4.78, 5) is 4.28. The maximum Gasteiger partial charge on any atom is 0.191 e. The molecule has 2 saturated heterocycles. The molecule has 24 heavy (non-hydrogen) atoms. The van der Waals surface area contributed by atoms with Crippen molar-refractivity contribution in [2.75, 3.05) is 27.3 Å². The molecule has 2 bridgehead atoms. The molecule has 2 N–H and O–H groups in total. The Morgan fingerprint density at radius 1 is 1.33 bits per heavy atom. The zero-order valence-corrected chi connectivity index (χ0v) is 14.5. The van der Waals surface area contributed by atoms with Crippen LogP contribution in [0.4, 0.5) is 0 Å². The highest BCUT2D eigenvalue weighted by molar-refractivity contribution is 5.80. The van der Waals surface area contributed by atoms with Crippen molar-refractivity contribution >= 4 is 5.96 Å². The summed E-state index contributed by atoms with van der Waals surface area (Å²) in [6.07, 6.45) is 4.22. The molecule has 1 aromatic rings. The predicted molar refractivity (Wildman–Crippen MR) is 93.4 cm³/mol. The van der Waals surface area contributed by atoms with Crippen molar-refractivity contribution in [1.82, 2.24) is 10.6 Å². The van der Waals surface area contributed by atoms with Crippen LogP contribution < -0.4 is 15.4 Å². The van der Waals surface area contributed by atoms with Crippen LogP contribution in [0.3, 0.4) is 0 Å². The van der Waals surface area contributed by atoms with Gasteiger partial charge in [-0.1, -0.05) is 18.2 Å². The first-order valence-electron chi connectivity index (χ1n) is 8.62. The van der Waals surface area contributed by atoms with Gasteiger partial charge in [-0.15, -0.1) is 0 Å². The lowest BCUT2D eigenvalue weighted by molar-refractivity contribution is 0.0991. The highest BCUT2D eigenvalue weighted by Crippen LogP contribution is 2.34. The molecule has 2 aliphatic heterocycles. The van der Waals surface area contributed by atoms with Gasteiger partial charge in [0.1, 0.15) is 5.75 Å². The third kappa shape index (κ3) is 4.19. The zero-order chi connectivity index (χ0) is 16.8. The standard InChI is InChI=1S/C18H27N3O3/c1-19-18(21-15-11-14-7-8-17(15)24-14)20-9-10-23-12-13-5-3-4-6-16(13)22-2/h3-6,14-15,17H,7-12H2,1-2H3,(H2,19,20,21). The number of rotatable bonds is 7. The van der Waals surface area contributed by atoms with E-state index in [1.165, 1.54) is 6.42 Å². The monoisotopic (exact) mass is 333 g/mol. The smallest absolute Gasteiger partial charge is 0.191 e. The summed E-state index contributed by atoms with van der Waals surface area (Å²) in [6, 6.07) is 8.29. The molecular weight excluding hydrogens is 306 g/mol. The summed E-state index contributed by atoms with van der Waals surface area (Å²) >= 11 is 0. The van der Waals surface area contributed by atoms with Gasteiger partial charge in [-0.25, -0.2) is 0 Å². The fourth-order valence-electron chi connectivity index (χ4n) is 3.41. The Hall–Kier alpha value is -1.79. The van der Waals surface area contributed by atoms with Gasteiger partial charge in [0.2, 0.25) is 0 Å². The Morgan fingerprint density at radius 3 is 2.92 bits per heavy atom. The van der Waals surface area contributed by atoms with Gasteiger partial charge in [0.05, 0.1) is 38.6 Å². The lowest BCUT2D eigenvalue weighted by Gasteiger charge is -2.22. The number of nitrogens with zero attached hydrogens (tertiary/aromatic N) is 1. The molecule has 132 valence electrons. The molecule has 0 saturated carbocycles. The lowest BCUT2D eigenvalue weighted by atomic mass is 9.96. The molecule has 0 aromatic heterocycles. The van der Waals surface area contributed by atoms with Crippen LogP contribution in [0.5, 0.6) is 5.75 Å². The highest BCUT2D eigenvalue weighted by Gasteiger charge is 2.41. The van der Waals surface area contributed by atoms with Crippen LogP contribution in [0.25, 0.3) is 0 Å². The minimum atomic E-state index is 0.343. The Kier molecular flexibility index (Phi) is 5.93. The van der Waals surface area contributed by atoms with Crippen LogP contribution in [0.1, 0.15) is 24.8 Å². The van der Waals surface area contributed by atoms with Gasteiger partial charge in [0, 0.05) is 19.2 Å². The molecule has 2 fully saturated rings. The van der Waals surface area contributed by atoms with Gasteiger partial charge in [0.25, 0.3) is 0 Å². The van der Waals surface area contributed by atoms with Crippen LogP contribution in [0, 0.1) is 0 Å². The Labute approximate surface area is 143 Å². The van der Waals surface area contributed by atoms with Crippen molar-refractivity contribution < 1.29 is 14.2 Å². The second-order valence-electron chi connectivity index (χ2n) is 6.22. The van der Waals surface area contributed by atoms with Crippen LogP contribution >= 0.6 is 0 Å². The SMILES string of the molecule is CN=C(NCCOCc1ccccc1OC)NC1CC2CCC1O2. The average Bonchev–Trinajstić information content (AvgIpc) is 3.23. The van der Waals surface area contributed by atoms with Crippen molar-refractivity contribution in [3.05, 3.63) is 29.8 Å². The highest BCUT2D eigenvalue weighted by atomic mass is 16.5. The Balaban J connectivity index is 1.35. The number of hydrogen-bond donors (Lipinski definition) is 2. The van der Waals surface area contributed by atoms with Gasteiger partial charge < -0.3 is 24.8 Å². The minimum absolute atomic E-state index is 0.343. The van der Waals surface area contributed by atoms with Gasteiger partial charge >= 0.3 is 0 Å². The first-order valence-corrected chi connectivity index (χ1v) is 8.62. The quantitative estimate of drug-likeness (QED) is 0.452. The number of fused-ring (bicyclic) bond motifs is 2. The van der Waals surface area contributed by atoms with Crippen molar-refractivity contribution in [2.45, 2.75) is 44.1 Å². The van der Waals surface area contributed by atoms with Gasteiger partial charge in [-0.2, -0.15) is 0 Å². The van der Waals surface area contributed by atoms with E-state index in [1.807, 2.05) is 24.3 Å². The van der Waals surface area contributed by atoms with Crippen LogP contribution in [0.2, 0.25) is 0 Å². The molecule has 1 aromatic carbocycles. The summed E-state index contributed by atoms with van der Waals surface area (Å²) in [5, 5.41) is 6.76. The number of ether oxygens (including phenoxy) is 3. The molecule has 0 radical (unpaired) electrons. The lowest BCUT2D eigenvalue weighted by Crippen LogP contribution is -2.48. The van der Waals surface area contributed by atoms with Crippen molar-refractivity contribution in [3.63, 3.8) is 0 Å². The molecule has 0 amide bonds. The van der Waals surface area contributed by atoms with Crippen LogP contribution in [-0.4, -0.2) is 51.5 Å². The van der Waals surface area contributed by atoms with Gasteiger partial charge in [0.15, 0.2) is 5.96 Å². The summed E-state index contributed by atoms with van der Waals surface area (Å²) < 4.78 is 16.9. The third-order valence-electron chi connectivity index (χ3n) is 4.64. The molecule has 6 nitrogen and oxygen atoms in total. The van der Waals surface area contributed by atoms with Crippen molar-refractivity contribution in [2.24, 2.45) is 4.99 Å². The largest absolute Gasteiger partial charge is 0.496 e. The number of nitrogens with one attached hydrogen (secondary N) is 2. The van der Waals surface area contributed by atoms with E-state index in [1.54, 1.807) is 14.2 Å². The first kappa shape index (κ1) is 17.0. The summed E-state index contributed by atoms with van der Waals surface area (Å²) in [5.41, 5.74) is 1.06. The molecule has 3 unspecified atom stereocenters. The summed E-state index contributed by atoms with van der Waals surface area (Å²) in [6.45, 7) is 1.85. The molecular formula is C18H27N3O3. The minimum Gasteiger partial charge on any atom is -0.496 e.